The highest BCUT2D eigenvalue weighted by atomic mass is 35.5. The number of carbonyl (C=O) groups excluding carboxylic acids is 1. The van der Waals surface area contributed by atoms with Crippen LogP contribution in [0.2, 0.25) is 10.0 Å². The number of hydrogen-bond donors (Lipinski definition) is 1. The monoisotopic (exact) mass is 475 g/mol. The van der Waals surface area contributed by atoms with Crippen molar-refractivity contribution in [2.24, 2.45) is 0 Å². The summed E-state index contributed by atoms with van der Waals surface area (Å²) in [6, 6.07) is 13.4. The molecule has 0 spiro atoms. The van der Waals surface area contributed by atoms with Gasteiger partial charge in [0.15, 0.2) is 5.82 Å². The van der Waals surface area contributed by atoms with Gasteiger partial charge in [-0.2, -0.15) is 5.21 Å². The molecule has 0 atom stereocenters. The topological polar surface area (TPSA) is 74.8 Å². The van der Waals surface area contributed by atoms with Crippen molar-refractivity contribution in [2.75, 3.05) is 6.54 Å². The third kappa shape index (κ3) is 4.73. The number of H-pyrrole nitrogens is 1. The minimum absolute atomic E-state index is 0.0851. The first kappa shape index (κ1) is 21.0. The lowest BCUT2D eigenvalue weighted by Crippen LogP contribution is -2.29. The molecule has 2 heterocycles. The van der Waals surface area contributed by atoms with Crippen molar-refractivity contribution in [3.63, 3.8) is 0 Å². The quantitative estimate of drug-likeness (QED) is 0.398. The zero-order valence-electron chi connectivity index (χ0n) is 15.5. The molecule has 1 saturated heterocycles. The number of aryl methyl sites for hydroxylation is 1. The fourth-order valence-electron chi connectivity index (χ4n) is 3.01. The van der Waals surface area contributed by atoms with Gasteiger partial charge < -0.3 is 0 Å². The molecule has 1 aromatic heterocycles. The number of halogens is 2. The molecule has 4 rings (SSSR count). The summed E-state index contributed by atoms with van der Waals surface area (Å²) >= 11 is 18.9. The first-order valence-electron chi connectivity index (χ1n) is 9.04. The maximum atomic E-state index is 12.8. The van der Waals surface area contributed by atoms with Gasteiger partial charge in [-0.15, -0.1) is 10.2 Å². The number of nitrogens with one attached hydrogen (secondary N) is 1. The Kier molecular flexibility index (Phi) is 6.48. The Balaban J connectivity index is 1.48. The molecule has 0 saturated carbocycles. The zero-order valence-corrected chi connectivity index (χ0v) is 18.7. The van der Waals surface area contributed by atoms with Crippen molar-refractivity contribution in [3.05, 3.63) is 68.8 Å². The van der Waals surface area contributed by atoms with Crippen LogP contribution in [0.5, 0.6) is 0 Å². The number of hydrogen-bond acceptors (Lipinski definition) is 6. The fourth-order valence-corrected chi connectivity index (χ4v) is 4.62. The molecule has 0 radical (unpaired) electrons. The SMILES string of the molecule is O=C1/C(=C/c2cccc(-c3ccc(Cl)c(Cl)c3)c2)SC(=S)N1CCCc1nn[nH]n1. The lowest BCUT2D eigenvalue weighted by Gasteiger charge is -2.13. The van der Waals surface area contributed by atoms with Gasteiger partial charge in [0, 0.05) is 13.0 Å². The van der Waals surface area contributed by atoms with Crippen LogP contribution in [0.3, 0.4) is 0 Å². The maximum Gasteiger partial charge on any atom is 0.266 e. The van der Waals surface area contributed by atoms with E-state index in [4.69, 9.17) is 35.4 Å². The minimum atomic E-state index is -0.0851. The molecule has 2 aromatic carbocycles. The van der Waals surface area contributed by atoms with Gasteiger partial charge in [-0.3, -0.25) is 9.69 Å². The van der Waals surface area contributed by atoms with Gasteiger partial charge in [-0.25, -0.2) is 0 Å². The van der Waals surface area contributed by atoms with Gasteiger partial charge >= 0.3 is 0 Å². The smallest absolute Gasteiger partial charge is 0.266 e. The normalized spacial score (nSPS) is 15.4. The summed E-state index contributed by atoms with van der Waals surface area (Å²) in [5.41, 5.74) is 2.84. The number of aromatic nitrogens is 4. The lowest BCUT2D eigenvalue weighted by molar-refractivity contribution is -0.122. The van der Waals surface area contributed by atoms with Crippen LogP contribution in [-0.2, 0) is 11.2 Å². The van der Waals surface area contributed by atoms with Crippen LogP contribution >= 0.6 is 47.2 Å². The second kappa shape index (κ2) is 9.26. The van der Waals surface area contributed by atoms with Gasteiger partial charge in [0.25, 0.3) is 5.91 Å². The van der Waals surface area contributed by atoms with Gasteiger partial charge in [-0.05, 0) is 47.4 Å². The van der Waals surface area contributed by atoms with E-state index in [1.165, 1.54) is 11.8 Å². The third-order valence-corrected chi connectivity index (χ3v) is 6.60. The van der Waals surface area contributed by atoms with Crippen molar-refractivity contribution >= 4 is 63.5 Å². The Bertz CT molecular complexity index is 1130. The summed E-state index contributed by atoms with van der Waals surface area (Å²) in [4.78, 5) is 15.0. The number of benzene rings is 2. The molecule has 1 aliphatic heterocycles. The predicted octanol–water partition coefficient (Wildman–Crippen LogP) is 5.01. The van der Waals surface area contributed by atoms with E-state index in [1.54, 1.807) is 11.0 Å². The van der Waals surface area contributed by atoms with Crippen molar-refractivity contribution in [1.82, 2.24) is 25.5 Å². The van der Waals surface area contributed by atoms with Crippen molar-refractivity contribution in [2.45, 2.75) is 12.8 Å². The van der Waals surface area contributed by atoms with Gasteiger partial charge in [0.1, 0.15) is 4.32 Å². The molecule has 152 valence electrons. The summed E-state index contributed by atoms with van der Waals surface area (Å²) in [6.07, 6.45) is 3.18. The van der Waals surface area contributed by atoms with Crippen molar-refractivity contribution < 1.29 is 4.79 Å². The van der Waals surface area contributed by atoms with E-state index in [1.807, 2.05) is 42.5 Å². The number of rotatable bonds is 6. The highest BCUT2D eigenvalue weighted by Crippen LogP contribution is 2.34. The Labute approximate surface area is 192 Å². The number of thioether (sulfide) groups is 1. The van der Waals surface area contributed by atoms with Crippen molar-refractivity contribution in [3.8, 4) is 11.1 Å². The fraction of sp³-hybridized carbons (Fsp3) is 0.150. The van der Waals surface area contributed by atoms with E-state index >= 15 is 0 Å². The van der Waals surface area contributed by atoms with Gasteiger partial charge in [0.05, 0.1) is 15.0 Å². The highest BCUT2D eigenvalue weighted by molar-refractivity contribution is 8.26. The average Bonchev–Trinajstić information content (AvgIpc) is 3.34. The summed E-state index contributed by atoms with van der Waals surface area (Å²) in [5, 5.41) is 14.8. The van der Waals surface area contributed by atoms with Crippen LogP contribution < -0.4 is 0 Å². The molecule has 1 N–H and O–H groups in total. The Morgan fingerprint density at radius 2 is 1.97 bits per heavy atom. The number of amides is 1. The average molecular weight is 476 g/mol. The summed E-state index contributed by atoms with van der Waals surface area (Å²) in [7, 11) is 0. The van der Waals surface area contributed by atoms with Gasteiger partial charge in [-0.1, -0.05) is 76.7 Å². The van der Waals surface area contributed by atoms with Crippen LogP contribution in [0, 0.1) is 0 Å². The number of aromatic amines is 1. The second-order valence-electron chi connectivity index (χ2n) is 6.52. The number of thiocarbonyl (C=S) groups is 1. The molecule has 0 aliphatic carbocycles. The molecule has 1 amide bonds. The highest BCUT2D eigenvalue weighted by Gasteiger charge is 2.31. The van der Waals surface area contributed by atoms with Crippen molar-refractivity contribution in [1.29, 1.82) is 0 Å². The molecule has 30 heavy (non-hydrogen) atoms. The lowest BCUT2D eigenvalue weighted by atomic mass is 10.0. The van der Waals surface area contributed by atoms with E-state index in [0.29, 0.717) is 44.5 Å². The molecule has 0 bridgehead atoms. The largest absolute Gasteiger partial charge is 0.293 e. The molecular formula is C20H15Cl2N5OS2. The zero-order chi connectivity index (χ0) is 21.1. The first-order valence-corrected chi connectivity index (χ1v) is 11.0. The Hall–Kier alpha value is -2.26. The van der Waals surface area contributed by atoms with Crippen LogP contribution in [0.1, 0.15) is 17.8 Å². The molecule has 10 heteroatoms. The molecule has 0 unspecified atom stereocenters. The number of tetrazole rings is 1. The van der Waals surface area contributed by atoms with Crippen LogP contribution in [0.25, 0.3) is 17.2 Å². The number of carbonyl (C=O) groups is 1. The molecule has 1 aliphatic rings. The van der Waals surface area contributed by atoms with Crippen LogP contribution in [-0.4, -0.2) is 42.3 Å². The van der Waals surface area contributed by atoms with E-state index < -0.39 is 0 Å². The predicted molar refractivity (Wildman–Crippen MR) is 124 cm³/mol. The second-order valence-corrected chi connectivity index (χ2v) is 9.01. The Morgan fingerprint density at radius 3 is 2.73 bits per heavy atom. The standard InChI is InChI=1S/C20H15Cl2N5OS2/c21-15-7-6-14(11-16(15)22)13-4-1-3-12(9-13)10-17-19(28)27(20(29)30-17)8-2-5-18-23-25-26-24-18/h1,3-4,6-7,9-11H,2,5,8H2,(H,23,24,25,26)/b17-10-. The maximum absolute atomic E-state index is 12.8. The summed E-state index contributed by atoms with van der Waals surface area (Å²) < 4.78 is 0.556. The minimum Gasteiger partial charge on any atom is -0.293 e. The number of nitrogens with zero attached hydrogens (tertiary/aromatic N) is 4. The summed E-state index contributed by atoms with van der Waals surface area (Å²) in [5.74, 6) is 0.535. The van der Waals surface area contributed by atoms with Crippen LogP contribution in [0.4, 0.5) is 0 Å². The summed E-state index contributed by atoms with van der Waals surface area (Å²) in [6.45, 7) is 0.514. The third-order valence-electron chi connectivity index (χ3n) is 4.48. The van der Waals surface area contributed by atoms with E-state index in [9.17, 15) is 4.79 Å². The molecule has 3 aromatic rings. The van der Waals surface area contributed by atoms with Gasteiger partial charge in [0.2, 0.25) is 0 Å². The van der Waals surface area contributed by atoms with E-state index in [2.05, 4.69) is 20.6 Å². The molecule has 1 fully saturated rings. The molecule has 6 nitrogen and oxygen atoms in total. The van der Waals surface area contributed by atoms with E-state index in [0.717, 1.165) is 16.7 Å². The molecular weight excluding hydrogens is 461 g/mol. The first-order chi connectivity index (χ1) is 14.5. The Morgan fingerprint density at radius 1 is 1.13 bits per heavy atom. The van der Waals surface area contributed by atoms with E-state index in [-0.39, 0.29) is 5.91 Å². The van der Waals surface area contributed by atoms with Crippen LogP contribution in [0.15, 0.2) is 47.4 Å².